The number of methoxy groups -OCH3 is 1. The minimum Gasteiger partial charge on any atom is -0.382 e. The molecule has 0 radical (unpaired) electrons. The fraction of sp³-hybridized carbons (Fsp3) is 0.545. The molecular weight excluding hydrogens is 192 g/mol. The fourth-order valence-electron chi connectivity index (χ4n) is 1.81. The lowest BCUT2D eigenvalue weighted by Gasteiger charge is -2.12. The van der Waals surface area contributed by atoms with Crippen LogP contribution in [0.25, 0.3) is 0 Å². The van der Waals surface area contributed by atoms with Crippen molar-refractivity contribution in [1.82, 2.24) is 10.5 Å². The summed E-state index contributed by atoms with van der Waals surface area (Å²) in [4.78, 5) is 9.67. The van der Waals surface area contributed by atoms with Crippen molar-refractivity contribution in [2.45, 2.75) is 18.9 Å². The number of ether oxygens (including phenoxy) is 1. The third kappa shape index (κ3) is 2.53. The second kappa shape index (κ2) is 5.21. The Morgan fingerprint density at radius 1 is 1.53 bits per heavy atom. The van der Waals surface area contributed by atoms with Gasteiger partial charge in [-0.1, -0.05) is 6.07 Å². The Morgan fingerprint density at radius 3 is 3.33 bits per heavy atom. The lowest BCUT2D eigenvalue weighted by atomic mass is 10.2. The molecule has 0 saturated carbocycles. The summed E-state index contributed by atoms with van der Waals surface area (Å²) in [5.41, 5.74) is 5.47. The number of rotatable bonds is 5. The maximum Gasteiger partial charge on any atom is 0.0916 e. The van der Waals surface area contributed by atoms with Crippen molar-refractivity contribution < 1.29 is 9.57 Å². The minimum absolute atomic E-state index is 0.234. The van der Waals surface area contributed by atoms with Gasteiger partial charge in [-0.15, -0.1) is 0 Å². The third-order valence-electron chi connectivity index (χ3n) is 2.57. The lowest BCUT2D eigenvalue weighted by Crippen LogP contribution is -2.22. The molecule has 1 aromatic rings. The SMILES string of the molecule is COCCONC1CCc2cccnc21. The number of aromatic nitrogens is 1. The first-order valence-corrected chi connectivity index (χ1v) is 5.22. The smallest absolute Gasteiger partial charge is 0.0916 e. The average molecular weight is 208 g/mol. The molecule has 82 valence electrons. The molecule has 0 aromatic carbocycles. The molecule has 1 heterocycles. The Balaban J connectivity index is 1.85. The first kappa shape index (κ1) is 10.5. The molecule has 0 fully saturated rings. The van der Waals surface area contributed by atoms with Crippen LogP contribution in [-0.2, 0) is 16.0 Å². The number of hydrogen-bond acceptors (Lipinski definition) is 4. The van der Waals surface area contributed by atoms with Crippen molar-refractivity contribution in [2.24, 2.45) is 0 Å². The van der Waals surface area contributed by atoms with E-state index in [2.05, 4.69) is 16.5 Å². The molecule has 4 heteroatoms. The van der Waals surface area contributed by atoms with Gasteiger partial charge in [-0.2, -0.15) is 5.48 Å². The number of aryl methyl sites for hydroxylation is 1. The molecule has 0 aliphatic heterocycles. The van der Waals surface area contributed by atoms with E-state index < -0.39 is 0 Å². The van der Waals surface area contributed by atoms with E-state index in [1.165, 1.54) is 5.56 Å². The standard InChI is InChI=1S/C11H16N2O2/c1-14-7-8-15-13-10-5-4-9-3-2-6-12-11(9)10/h2-3,6,10,13H,4-5,7-8H2,1H3. The molecule has 0 amide bonds. The normalized spacial score (nSPS) is 19.1. The van der Waals surface area contributed by atoms with Crippen molar-refractivity contribution in [3.8, 4) is 0 Å². The number of nitrogens with one attached hydrogen (secondary N) is 1. The predicted molar refractivity (Wildman–Crippen MR) is 56.3 cm³/mol. The zero-order valence-electron chi connectivity index (χ0n) is 8.90. The zero-order chi connectivity index (χ0) is 10.5. The van der Waals surface area contributed by atoms with Crippen LogP contribution < -0.4 is 5.48 Å². The second-order valence-corrected chi connectivity index (χ2v) is 3.60. The summed E-state index contributed by atoms with van der Waals surface area (Å²) in [5, 5.41) is 0. The average Bonchev–Trinajstić information content (AvgIpc) is 2.68. The van der Waals surface area contributed by atoms with Gasteiger partial charge in [0.25, 0.3) is 0 Å². The summed E-state index contributed by atoms with van der Waals surface area (Å²) < 4.78 is 4.90. The molecule has 0 saturated heterocycles. The molecule has 1 aromatic heterocycles. The lowest BCUT2D eigenvalue weighted by molar-refractivity contribution is -0.0127. The van der Waals surface area contributed by atoms with Gasteiger partial charge in [0, 0.05) is 13.3 Å². The molecular formula is C11H16N2O2. The molecule has 4 nitrogen and oxygen atoms in total. The Morgan fingerprint density at radius 2 is 2.47 bits per heavy atom. The molecule has 0 spiro atoms. The minimum atomic E-state index is 0.234. The van der Waals surface area contributed by atoms with Gasteiger partial charge in [-0.25, -0.2) is 0 Å². The van der Waals surface area contributed by atoms with E-state index in [-0.39, 0.29) is 6.04 Å². The number of pyridine rings is 1. The molecule has 15 heavy (non-hydrogen) atoms. The van der Waals surface area contributed by atoms with Crippen LogP contribution in [0.3, 0.4) is 0 Å². The summed E-state index contributed by atoms with van der Waals surface area (Å²) in [5.74, 6) is 0. The zero-order valence-corrected chi connectivity index (χ0v) is 8.90. The Bertz CT molecular complexity index is 317. The highest BCUT2D eigenvalue weighted by molar-refractivity contribution is 5.27. The molecule has 1 unspecified atom stereocenters. The second-order valence-electron chi connectivity index (χ2n) is 3.60. The van der Waals surface area contributed by atoms with Crippen molar-refractivity contribution in [1.29, 1.82) is 0 Å². The van der Waals surface area contributed by atoms with E-state index in [1.807, 2.05) is 12.3 Å². The van der Waals surface area contributed by atoms with Crippen molar-refractivity contribution >= 4 is 0 Å². The Kier molecular flexibility index (Phi) is 3.66. The summed E-state index contributed by atoms with van der Waals surface area (Å²) in [7, 11) is 1.66. The highest BCUT2D eigenvalue weighted by Crippen LogP contribution is 2.28. The largest absolute Gasteiger partial charge is 0.382 e. The predicted octanol–water partition coefficient (Wildman–Crippen LogP) is 1.24. The summed E-state index contributed by atoms with van der Waals surface area (Å²) in [6.45, 7) is 1.17. The van der Waals surface area contributed by atoms with Crippen LogP contribution >= 0.6 is 0 Å². The molecule has 1 aliphatic carbocycles. The van der Waals surface area contributed by atoms with E-state index >= 15 is 0 Å². The van der Waals surface area contributed by atoms with Crippen molar-refractivity contribution in [3.05, 3.63) is 29.6 Å². The number of hydroxylamine groups is 1. The van der Waals surface area contributed by atoms with Crippen LogP contribution in [0, 0.1) is 0 Å². The van der Waals surface area contributed by atoms with Crippen molar-refractivity contribution in [3.63, 3.8) is 0 Å². The van der Waals surface area contributed by atoms with Gasteiger partial charge in [0.2, 0.25) is 0 Å². The van der Waals surface area contributed by atoms with Gasteiger partial charge in [0.15, 0.2) is 0 Å². The van der Waals surface area contributed by atoms with Gasteiger partial charge in [0.1, 0.15) is 0 Å². The summed E-state index contributed by atoms with van der Waals surface area (Å²) in [6, 6.07) is 4.34. The third-order valence-corrected chi connectivity index (χ3v) is 2.57. The monoisotopic (exact) mass is 208 g/mol. The summed E-state index contributed by atoms with van der Waals surface area (Å²) in [6.07, 6.45) is 3.96. The first-order chi connectivity index (χ1) is 7.42. The number of fused-ring (bicyclic) bond motifs is 1. The molecule has 1 aliphatic rings. The topological polar surface area (TPSA) is 43.4 Å². The maximum absolute atomic E-state index is 5.30. The van der Waals surface area contributed by atoms with E-state index in [9.17, 15) is 0 Å². The van der Waals surface area contributed by atoms with Gasteiger partial charge in [0.05, 0.1) is 24.9 Å². The van der Waals surface area contributed by atoms with Crippen LogP contribution in [0.4, 0.5) is 0 Å². The molecule has 1 N–H and O–H groups in total. The molecule has 0 bridgehead atoms. The highest BCUT2D eigenvalue weighted by atomic mass is 16.7. The number of hydrogen-bond donors (Lipinski definition) is 1. The van der Waals surface area contributed by atoms with Crippen LogP contribution in [0.5, 0.6) is 0 Å². The fourth-order valence-corrected chi connectivity index (χ4v) is 1.81. The van der Waals surface area contributed by atoms with Crippen molar-refractivity contribution in [2.75, 3.05) is 20.3 Å². The first-order valence-electron chi connectivity index (χ1n) is 5.22. The van der Waals surface area contributed by atoms with Crippen LogP contribution in [0.15, 0.2) is 18.3 Å². The number of nitrogens with zero attached hydrogens (tertiary/aromatic N) is 1. The molecule has 1 atom stereocenters. The Hall–Kier alpha value is -0.970. The van der Waals surface area contributed by atoms with Gasteiger partial charge < -0.3 is 4.74 Å². The summed E-state index contributed by atoms with van der Waals surface area (Å²) >= 11 is 0. The van der Waals surface area contributed by atoms with Gasteiger partial charge in [-0.05, 0) is 24.5 Å². The van der Waals surface area contributed by atoms with Crippen LogP contribution in [-0.4, -0.2) is 25.3 Å². The van der Waals surface area contributed by atoms with E-state index in [0.717, 1.165) is 18.5 Å². The van der Waals surface area contributed by atoms with Gasteiger partial charge in [-0.3, -0.25) is 9.82 Å². The van der Waals surface area contributed by atoms with E-state index in [1.54, 1.807) is 7.11 Å². The van der Waals surface area contributed by atoms with Crippen LogP contribution in [0.1, 0.15) is 23.7 Å². The molecule has 2 rings (SSSR count). The maximum atomic E-state index is 5.30. The van der Waals surface area contributed by atoms with E-state index in [0.29, 0.717) is 13.2 Å². The van der Waals surface area contributed by atoms with Gasteiger partial charge >= 0.3 is 0 Å². The quantitative estimate of drug-likeness (QED) is 0.584. The highest BCUT2D eigenvalue weighted by Gasteiger charge is 2.23. The van der Waals surface area contributed by atoms with E-state index in [4.69, 9.17) is 9.57 Å². The van der Waals surface area contributed by atoms with Crippen LogP contribution in [0.2, 0.25) is 0 Å². The Labute approximate surface area is 89.6 Å².